The van der Waals surface area contributed by atoms with Crippen LogP contribution in [0.5, 0.6) is 0 Å². The molecule has 1 unspecified atom stereocenters. The van der Waals surface area contributed by atoms with E-state index in [4.69, 9.17) is 15.3 Å². The van der Waals surface area contributed by atoms with Crippen molar-refractivity contribution < 1.29 is 29.0 Å². The highest BCUT2D eigenvalue weighted by Crippen LogP contribution is 2.23. The second-order valence-electron chi connectivity index (χ2n) is 7.51. The first-order valence-electron chi connectivity index (χ1n) is 8.59. The molecule has 1 aromatic rings. The van der Waals surface area contributed by atoms with Gasteiger partial charge in [-0.05, 0) is 26.3 Å². The summed E-state index contributed by atoms with van der Waals surface area (Å²) in [5.41, 5.74) is -2.69. The number of ether oxygens (including phenoxy) is 2. The van der Waals surface area contributed by atoms with Gasteiger partial charge in [0.05, 0.1) is 13.2 Å². The topological polar surface area (TPSA) is 119 Å². The monoisotopic (exact) mass is 380 g/mol. The Hall–Kier alpha value is -2.45. The summed E-state index contributed by atoms with van der Waals surface area (Å²) in [5.74, 6) is 1.70. The summed E-state index contributed by atoms with van der Waals surface area (Å²) < 4.78 is 10.7. The maximum absolute atomic E-state index is 12.8. The number of carboxylic acids is 1. The zero-order valence-corrected chi connectivity index (χ0v) is 16.4. The van der Waals surface area contributed by atoms with Crippen LogP contribution in [-0.2, 0) is 30.5 Å². The van der Waals surface area contributed by atoms with Crippen molar-refractivity contribution in [1.29, 1.82) is 0 Å². The number of hydrazine groups is 1. The lowest BCUT2D eigenvalue weighted by Gasteiger charge is -2.37. The van der Waals surface area contributed by atoms with Gasteiger partial charge in [-0.15, -0.1) is 0 Å². The van der Waals surface area contributed by atoms with Gasteiger partial charge >= 0.3 is 11.9 Å². The third-order valence-electron chi connectivity index (χ3n) is 3.66. The van der Waals surface area contributed by atoms with Gasteiger partial charge in [0, 0.05) is 5.92 Å². The second-order valence-corrected chi connectivity index (χ2v) is 7.51. The fourth-order valence-electron chi connectivity index (χ4n) is 2.20. The highest BCUT2D eigenvalue weighted by Gasteiger charge is 2.56. The van der Waals surface area contributed by atoms with E-state index in [1.807, 2.05) is 6.07 Å². The van der Waals surface area contributed by atoms with Crippen molar-refractivity contribution in [3.63, 3.8) is 0 Å². The van der Waals surface area contributed by atoms with Gasteiger partial charge in [-0.25, -0.2) is 20.4 Å². The Morgan fingerprint density at radius 3 is 2.15 bits per heavy atom. The molecule has 1 aromatic carbocycles. The molecule has 0 bridgehead atoms. The fraction of sp³-hybridized carbons (Fsp3) is 0.526. The number of nitrogens with zero attached hydrogens (tertiary/aromatic N) is 1. The molecule has 0 heterocycles. The van der Waals surface area contributed by atoms with E-state index in [0.29, 0.717) is 5.01 Å². The largest absolute Gasteiger partial charge is 0.479 e. The van der Waals surface area contributed by atoms with Gasteiger partial charge in [0.1, 0.15) is 5.60 Å². The number of nitrogens with two attached hydrogens (primary N) is 1. The predicted octanol–water partition coefficient (Wildman–Crippen LogP) is 1.73. The smallest absolute Gasteiger partial charge is 0.348 e. The number of benzene rings is 1. The van der Waals surface area contributed by atoms with E-state index in [2.05, 4.69) is 0 Å². The minimum absolute atomic E-state index is 0.0440. The highest BCUT2D eigenvalue weighted by atomic mass is 16.6. The summed E-state index contributed by atoms with van der Waals surface area (Å²) in [7, 11) is 0. The molecule has 0 radical (unpaired) electrons. The Morgan fingerprint density at radius 1 is 1.15 bits per heavy atom. The van der Waals surface area contributed by atoms with Gasteiger partial charge in [0.15, 0.2) is 0 Å². The second kappa shape index (κ2) is 8.96. The normalized spacial score (nSPS) is 13.7. The predicted molar refractivity (Wildman–Crippen MR) is 98.2 cm³/mol. The Balaban J connectivity index is 3.19. The minimum atomic E-state index is -2.50. The molecule has 1 amide bonds. The Bertz CT molecular complexity index is 669. The summed E-state index contributed by atoms with van der Waals surface area (Å²) >= 11 is 0. The highest BCUT2D eigenvalue weighted by molar-refractivity contribution is 6.07. The quantitative estimate of drug-likeness (QED) is 0.232. The van der Waals surface area contributed by atoms with Gasteiger partial charge in [-0.1, -0.05) is 44.2 Å². The number of rotatable bonds is 8. The average molecular weight is 380 g/mol. The number of carboxylic acid groups (broad SMARTS) is 1. The first kappa shape index (κ1) is 22.6. The van der Waals surface area contributed by atoms with E-state index in [0.717, 1.165) is 5.56 Å². The molecule has 27 heavy (non-hydrogen) atoms. The van der Waals surface area contributed by atoms with E-state index >= 15 is 0 Å². The van der Waals surface area contributed by atoms with Crippen molar-refractivity contribution in [2.75, 3.05) is 6.61 Å². The SMILES string of the molecule is CC(C)C(=O)N(N)C(COCc1ccccc1)(C(=O)O)C(=O)OC(C)(C)C. The number of amides is 1. The molecule has 0 spiro atoms. The molecule has 8 nitrogen and oxygen atoms in total. The van der Waals surface area contributed by atoms with Crippen LogP contribution in [0, 0.1) is 5.92 Å². The summed E-state index contributed by atoms with van der Waals surface area (Å²) in [6, 6.07) is 9.00. The van der Waals surface area contributed by atoms with Gasteiger partial charge in [0.2, 0.25) is 5.91 Å². The lowest BCUT2D eigenvalue weighted by molar-refractivity contribution is -0.189. The van der Waals surface area contributed by atoms with Crippen LogP contribution < -0.4 is 5.84 Å². The lowest BCUT2D eigenvalue weighted by Crippen LogP contribution is -2.69. The molecule has 1 rings (SSSR count). The number of hydrogen-bond donors (Lipinski definition) is 2. The number of carbonyl (C=O) groups is 3. The Morgan fingerprint density at radius 2 is 1.70 bits per heavy atom. The Kier molecular flexibility index (Phi) is 7.50. The van der Waals surface area contributed by atoms with Crippen LogP contribution in [0.15, 0.2) is 30.3 Å². The van der Waals surface area contributed by atoms with Gasteiger partial charge < -0.3 is 14.6 Å². The lowest BCUT2D eigenvalue weighted by atomic mass is 9.97. The molecule has 3 N–H and O–H groups in total. The van der Waals surface area contributed by atoms with Crippen molar-refractivity contribution >= 4 is 17.8 Å². The summed E-state index contributed by atoms with van der Waals surface area (Å²) in [5, 5.41) is 10.3. The van der Waals surface area contributed by atoms with Crippen LogP contribution in [0.2, 0.25) is 0 Å². The number of esters is 1. The van der Waals surface area contributed by atoms with Gasteiger partial charge in [0.25, 0.3) is 5.54 Å². The standard InChI is InChI=1S/C19H28N2O6/c1-13(2)15(22)21(20)19(16(23)24,17(25)27-18(3,4)5)12-26-11-14-9-7-6-8-10-14/h6-10,13H,11-12,20H2,1-5H3,(H,23,24). The van der Waals surface area contributed by atoms with Crippen molar-refractivity contribution in [1.82, 2.24) is 5.01 Å². The van der Waals surface area contributed by atoms with E-state index in [-0.39, 0.29) is 6.61 Å². The molecule has 0 aliphatic carbocycles. The Labute approximate surface area is 159 Å². The molecule has 150 valence electrons. The average Bonchev–Trinajstić information content (AvgIpc) is 2.56. The molecular weight excluding hydrogens is 352 g/mol. The van der Waals surface area contributed by atoms with Crippen LogP contribution in [0.25, 0.3) is 0 Å². The van der Waals surface area contributed by atoms with Gasteiger partial charge in [-0.3, -0.25) is 4.79 Å². The zero-order chi connectivity index (χ0) is 20.8. The molecule has 0 aliphatic heterocycles. The van der Waals surface area contributed by atoms with Crippen molar-refractivity contribution in [2.45, 2.75) is 52.4 Å². The van der Waals surface area contributed by atoms with Crippen LogP contribution in [0.1, 0.15) is 40.2 Å². The zero-order valence-electron chi connectivity index (χ0n) is 16.4. The molecule has 0 aliphatic rings. The van der Waals surface area contributed by atoms with E-state index in [1.165, 1.54) is 0 Å². The van der Waals surface area contributed by atoms with Crippen LogP contribution >= 0.6 is 0 Å². The summed E-state index contributed by atoms with van der Waals surface area (Å²) in [6.07, 6.45) is 0. The summed E-state index contributed by atoms with van der Waals surface area (Å²) in [4.78, 5) is 37.3. The van der Waals surface area contributed by atoms with Gasteiger partial charge in [-0.2, -0.15) is 0 Å². The van der Waals surface area contributed by atoms with Crippen molar-refractivity contribution in [3.8, 4) is 0 Å². The van der Waals surface area contributed by atoms with Crippen molar-refractivity contribution in [2.24, 2.45) is 11.8 Å². The van der Waals surface area contributed by atoms with E-state index in [1.54, 1.807) is 58.9 Å². The maximum atomic E-state index is 12.8. The number of aliphatic carboxylic acids is 1. The third-order valence-corrected chi connectivity index (χ3v) is 3.66. The number of carbonyl (C=O) groups excluding carboxylic acids is 2. The molecule has 0 saturated heterocycles. The molecule has 8 heteroatoms. The van der Waals surface area contributed by atoms with E-state index < -0.39 is 41.5 Å². The fourth-order valence-corrected chi connectivity index (χ4v) is 2.20. The first-order valence-corrected chi connectivity index (χ1v) is 8.59. The molecule has 1 atom stereocenters. The molecule has 0 aromatic heterocycles. The first-order chi connectivity index (χ1) is 12.4. The van der Waals surface area contributed by atoms with E-state index in [9.17, 15) is 19.5 Å². The van der Waals surface area contributed by atoms with Crippen LogP contribution in [0.4, 0.5) is 0 Å². The van der Waals surface area contributed by atoms with Crippen LogP contribution in [0.3, 0.4) is 0 Å². The summed E-state index contributed by atoms with van der Waals surface area (Å²) in [6.45, 7) is 7.27. The maximum Gasteiger partial charge on any atom is 0.348 e. The van der Waals surface area contributed by atoms with Crippen LogP contribution in [-0.4, -0.2) is 45.7 Å². The number of hydrogen-bond acceptors (Lipinski definition) is 6. The third kappa shape index (κ3) is 5.77. The molecular formula is C19H28N2O6. The van der Waals surface area contributed by atoms with Crippen molar-refractivity contribution in [3.05, 3.63) is 35.9 Å². The minimum Gasteiger partial charge on any atom is -0.479 e. The molecule has 0 saturated carbocycles. The molecule has 0 fully saturated rings.